The molecule has 5 heteroatoms. The van der Waals surface area contributed by atoms with Crippen molar-refractivity contribution in [2.24, 2.45) is 11.7 Å². The quantitative estimate of drug-likeness (QED) is 0.706. The number of carbonyl (C=O) groups is 2. The van der Waals surface area contributed by atoms with Gasteiger partial charge < -0.3 is 16.4 Å². The lowest BCUT2D eigenvalue weighted by Gasteiger charge is -2.11. The topological polar surface area (TPSA) is 84.2 Å². The lowest BCUT2D eigenvalue weighted by molar-refractivity contribution is -0.124. The minimum atomic E-state index is -0.118. The summed E-state index contributed by atoms with van der Waals surface area (Å²) in [6.45, 7) is 2.85. The van der Waals surface area contributed by atoms with E-state index in [4.69, 9.17) is 5.73 Å². The predicted molar refractivity (Wildman–Crippen MR) is 81.8 cm³/mol. The Hall–Kier alpha value is -1.88. The molecule has 0 aliphatic heterocycles. The largest absolute Gasteiger partial charge is 0.354 e. The number of hydrogen-bond acceptors (Lipinski definition) is 3. The van der Waals surface area contributed by atoms with Gasteiger partial charge >= 0.3 is 0 Å². The Morgan fingerprint density at radius 1 is 1.14 bits per heavy atom. The van der Waals surface area contributed by atoms with Gasteiger partial charge in [0.2, 0.25) is 5.91 Å². The van der Waals surface area contributed by atoms with Gasteiger partial charge in [-0.2, -0.15) is 0 Å². The van der Waals surface area contributed by atoms with Crippen LogP contribution in [0.25, 0.3) is 0 Å². The molecule has 0 heterocycles. The first-order valence-corrected chi connectivity index (χ1v) is 7.44. The molecule has 0 saturated heterocycles. The minimum absolute atomic E-state index is 0.0350. The second-order valence-corrected chi connectivity index (χ2v) is 5.68. The van der Waals surface area contributed by atoms with Crippen LogP contribution in [0.4, 0.5) is 0 Å². The number of nitrogens with two attached hydrogens (primary N) is 1. The lowest BCUT2D eigenvalue weighted by Crippen LogP contribution is -2.37. The fraction of sp³-hybridized carbons (Fsp3) is 0.500. The Morgan fingerprint density at radius 2 is 1.81 bits per heavy atom. The molecule has 5 nitrogen and oxygen atoms in total. The second kappa shape index (κ2) is 7.22. The normalized spacial score (nSPS) is 21.0. The first-order valence-electron chi connectivity index (χ1n) is 7.44. The molecule has 1 aromatic carbocycles. The predicted octanol–water partition coefficient (Wildman–Crippen LogP) is 0.968. The van der Waals surface area contributed by atoms with Crippen LogP contribution in [0, 0.1) is 12.8 Å². The summed E-state index contributed by atoms with van der Waals surface area (Å²) < 4.78 is 0. The minimum Gasteiger partial charge on any atom is -0.354 e. The highest BCUT2D eigenvalue weighted by Crippen LogP contribution is 2.23. The van der Waals surface area contributed by atoms with E-state index in [2.05, 4.69) is 10.6 Å². The molecular formula is C16H23N3O2. The van der Waals surface area contributed by atoms with Crippen molar-refractivity contribution in [3.63, 3.8) is 0 Å². The maximum Gasteiger partial charge on any atom is 0.251 e. The average Bonchev–Trinajstić information content (AvgIpc) is 2.90. The number of benzene rings is 1. The molecule has 0 bridgehead atoms. The van der Waals surface area contributed by atoms with Crippen molar-refractivity contribution in [1.29, 1.82) is 0 Å². The molecule has 0 radical (unpaired) electrons. The SMILES string of the molecule is Cc1ccc(C(=O)NCCNC(=O)C2CCC(N)C2)cc1. The molecule has 1 fully saturated rings. The van der Waals surface area contributed by atoms with Gasteiger partial charge in [-0.3, -0.25) is 9.59 Å². The number of carbonyl (C=O) groups excluding carboxylic acids is 2. The summed E-state index contributed by atoms with van der Waals surface area (Å²) in [5, 5.41) is 5.65. The Kier molecular flexibility index (Phi) is 5.33. The molecule has 2 rings (SSSR count). The highest BCUT2D eigenvalue weighted by molar-refractivity contribution is 5.94. The number of hydrogen-bond donors (Lipinski definition) is 3. The first-order chi connectivity index (χ1) is 10.1. The molecule has 1 aromatic rings. The smallest absolute Gasteiger partial charge is 0.251 e. The number of nitrogens with one attached hydrogen (secondary N) is 2. The Morgan fingerprint density at radius 3 is 2.43 bits per heavy atom. The molecule has 2 unspecified atom stereocenters. The van der Waals surface area contributed by atoms with Crippen molar-refractivity contribution in [3.05, 3.63) is 35.4 Å². The van der Waals surface area contributed by atoms with Gasteiger partial charge in [0.15, 0.2) is 0 Å². The third-order valence-electron chi connectivity index (χ3n) is 3.87. The van der Waals surface area contributed by atoms with Gasteiger partial charge in [-0.1, -0.05) is 17.7 Å². The van der Waals surface area contributed by atoms with Gasteiger partial charge in [0.1, 0.15) is 0 Å². The van der Waals surface area contributed by atoms with E-state index in [-0.39, 0.29) is 23.8 Å². The highest BCUT2D eigenvalue weighted by Gasteiger charge is 2.27. The zero-order chi connectivity index (χ0) is 15.2. The summed E-state index contributed by atoms with van der Waals surface area (Å²) in [5.41, 5.74) is 7.55. The molecule has 0 spiro atoms. The Balaban J connectivity index is 1.66. The van der Waals surface area contributed by atoms with E-state index >= 15 is 0 Å². The zero-order valence-corrected chi connectivity index (χ0v) is 12.4. The van der Waals surface area contributed by atoms with Crippen molar-refractivity contribution in [2.45, 2.75) is 32.2 Å². The van der Waals surface area contributed by atoms with Crippen molar-refractivity contribution >= 4 is 11.8 Å². The maximum absolute atomic E-state index is 11.9. The summed E-state index contributed by atoms with van der Waals surface area (Å²) in [5.74, 6) is -0.0347. The molecule has 2 amide bonds. The molecule has 0 aromatic heterocycles. The third kappa shape index (κ3) is 4.56. The van der Waals surface area contributed by atoms with Crippen molar-refractivity contribution < 1.29 is 9.59 Å². The molecule has 114 valence electrons. The van der Waals surface area contributed by atoms with E-state index in [9.17, 15) is 9.59 Å². The monoisotopic (exact) mass is 289 g/mol. The van der Waals surface area contributed by atoms with E-state index in [0.29, 0.717) is 18.7 Å². The second-order valence-electron chi connectivity index (χ2n) is 5.68. The van der Waals surface area contributed by atoms with E-state index < -0.39 is 0 Å². The van der Waals surface area contributed by atoms with E-state index in [1.165, 1.54) is 0 Å². The summed E-state index contributed by atoms with van der Waals surface area (Å²) in [6, 6.07) is 7.55. The molecule has 21 heavy (non-hydrogen) atoms. The van der Waals surface area contributed by atoms with E-state index in [0.717, 1.165) is 24.8 Å². The molecule has 1 aliphatic rings. The van der Waals surface area contributed by atoms with Gasteiger partial charge in [-0.25, -0.2) is 0 Å². The van der Waals surface area contributed by atoms with Crippen LogP contribution < -0.4 is 16.4 Å². The van der Waals surface area contributed by atoms with Crippen LogP contribution in [0.5, 0.6) is 0 Å². The van der Waals surface area contributed by atoms with Gasteiger partial charge in [-0.15, -0.1) is 0 Å². The van der Waals surface area contributed by atoms with Crippen LogP contribution in [0.3, 0.4) is 0 Å². The van der Waals surface area contributed by atoms with Gasteiger partial charge in [0.25, 0.3) is 5.91 Å². The first kappa shape index (κ1) is 15.5. The maximum atomic E-state index is 11.9. The summed E-state index contributed by atoms with van der Waals surface area (Å²) in [7, 11) is 0. The van der Waals surface area contributed by atoms with Crippen molar-refractivity contribution in [2.75, 3.05) is 13.1 Å². The van der Waals surface area contributed by atoms with Gasteiger partial charge in [-0.05, 0) is 38.3 Å². The highest BCUT2D eigenvalue weighted by atomic mass is 16.2. The number of amides is 2. The Labute approximate surface area is 125 Å². The summed E-state index contributed by atoms with van der Waals surface area (Å²) in [6.07, 6.45) is 2.55. The van der Waals surface area contributed by atoms with E-state index in [1.807, 2.05) is 19.1 Å². The van der Waals surface area contributed by atoms with Gasteiger partial charge in [0.05, 0.1) is 0 Å². The van der Waals surface area contributed by atoms with Crippen LogP contribution in [-0.4, -0.2) is 30.9 Å². The molecule has 4 N–H and O–H groups in total. The number of rotatable bonds is 5. The van der Waals surface area contributed by atoms with Crippen molar-refractivity contribution in [3.8, 4) is 0 Å². The summed E-state index contributed by atoms with van der Waals surface area (Å²) in [4.78, 5) is 23.7. The third-order valence-corrected chi connectivity index (χ3v) is 3.87. The fourth-order valence-electron chi connectivity index (χ4n) is 2.57. The fourth-order valence-corrected chi connectivity index (χ4v) is 2.57. The van der Waals surface area contributed by atoms with Gasteiger partial charge in [0, 0.05) is 30.6 Å². The zero-order valence-electron chi connectivity index (χ0n) is 12.4. The standard InChI is InChI=1S/C16H23N3O2/c1-11-2-4-12(5-3-11)15(20)18-8-9-19-16(21)13-6-7-14(17)10-13/h2-5,13-14H,6-10,17H2,1H3,(H,18,20)(H,19,21). The van der Waals surface area contributed by atoms with Crippen molar-refractivity contribution in [1.82, 2.24) is 10.6 Å². The van der Waals surface area contributed by atoms with Crippen LogP contribution in [0.2, 0.25) is 0 Å². The Bertz CT molecular complexity index is 499. The molecule has 1 saturated carbocycles. The molecular weight excluding hydrogens is 266 g/mol. The average molecular weight is 289 g/mol. The van der Waals surface area contributed by atoms with E-state index in [1.54, 1.807) is 12.1 Å². The van der Waals surface area contributed by atoms with Crippen LogP contribution in [0.1, 0.15) is 35.2 Å². The number of aryl methyl sites for hydroxylation is 1. The molecule has 2 atom stereocenters. The van der Waals surface area contributed by atoms with Crippen LogP contribution >= 0.6 is 0 Å². The molecule has 1 aliphatic carbocycles. The van der Waals surface area contributed by atoms with Crippen LogP contribution in [-0.2, 0) is 4.79 Å². The lowest BCUT2D eigenvalue weighted by atomic mass is 10.1. The summed E-state index contributed by atoms with van der Waals surface area (Å²) >= 11 is 0. The van der Waals surface area contributed by atoms with Crippen LogP contribution in [0.15, 0.2) is 24.3 Å².